The van der Waals surface area contributed by atoms with Gasteiger partial charge < -0.3 is 4.90 Å². The van der Waals surface area contributed by atoms with Crippen LogP contribution in [-0.2, 0) is 5.54 Å². The molecule has 4 aromatic rings. The summed E-state index contributed by atoms with van der Waals surface area (Å²) in [4.78, 5) is 2.51. The molecule has 0 radical (unpaired) electrons. The van der Waals surface area contributed by atoms with Crippen LogP contribution in [0, 0.1) is 0 Å². The molecule has 0 aromatic heterocycles. The van der Waals surface area contributed by atoms with Crippen LogP contribution < -0.4 is 0 Å². The molecule has 1 heterocycles. The van der Waals surface area contributed by atoms with E-state index >= 15 is 0 Å². The van der Waals surface area contributed by atoms with Crippen LogP contribution in [0.15, 0.2) is 128 Å². The summed E-state index contributed by atoms with van der Waals surface area (Å²) in [6.07, 6.45) is 2.36. The molecule has 1 aliphatic rings. The predicted octanol–water partition coefficient (Wildman–Crippen LogP) is 7.05. The molecule has 1 saturated heterocycles. The van der Waals surface area contributed by atoms with E-state index in [1.807, 2.05) is 0 Å². The van der Waals surface area contributed by atoms with Crippen molar-refractivity contribution in [2.75, 3.05) is 0 Å². The zero-order valence-electron chi connectivity index (χ0n) is 17.1. The Morgan fingerprint density at radius 1 is 0.633 bits per heavy atom. The normalized spacial score (nSPS) is 19.9. The van der Waals surface area contributed by atoms with Crippen LogP contribution in [0.3, 0.4) is 0 Å². The number of hydrogen-bond donors (Lipinski definition) is 0. The maximum Gasteiger partial charge on any atom is 0.0872 e. The lowest BCUT2D eigenvalue weighted by molar-refractivity contribution is 0.556. The van der Waals surface area contributed by atoms with Crippen molar-refractivity contribution >= 4 is 5.57 Å². The van der Waals surface area contributed by atoms with Crippen LogP contribution in [-0.4, -0.2) is 4.90 Å². The average Bonchev–Trinajstić information content (AvgIpc) is 3.44. The summed E-state index contributed by atoms with van der Waals surface area (Å²) in [6, 6.07) is 43.4. The number of hydrogen-bond acceptors (Lipinski definition) is 1. The third-order valence-electron chi connectivity index (χ3n) is 6.19. The van der Waals surface area contributed by atoms with E-state index in [1.165, 1.54) is 27.8 Å². The molecule has 0 aliphatic carbocycles. The Kier molecular flexibility index (Phi) is 4.72. The Morgan fingerprint density at radius 2 is 1.07 bits per heavy atom. The maximum absolute atomic E-state index is 2.51. The van der Waals surface area contributed by atoms with Gasteiger partial charge in [0.05, 0.1) is 11.6 Å². The molecule has 146 valence electrons. The van der Waals surface area contributed by atoms with Crippen molar-refractivity contribution in [2.24, 2.45) is 0 Å². The van der Waals surface area contributed by atoms with Gasteiger partial charge in [0.1, 0.15) is 0 Å². The minimum atomic E-state index is -0.0720. The Hall–Kier alpha value is -3.58. The molecule has 0 spiro atoms. The molecule has 0 amide bonds. The Bertz CT molecular complexity index is 1090. The molecule has 1 heteroatoms. The fourth-order valence-electron chi connectivity index (χ4n) is 4.52. The first-order valence-electron chi connectivity index (χ1n) is 10.5. The molecule has 5 rings (SSSR count). The topological polar surface area (TPSA) is 3.01 Å². The number of nitrogens with zero attached hydrogens (tertiary/aromatic N) is 1. The molecule has 0 saturated carbocycles. The van der Waals surface area contributed by atoms with Gasteiger partial charge in [-0.15, -0.1) is 0 Å². The minimum absolute atomic E-state index is 0.0720. The molecule has 0 N–H and O–H groups in total. The van der Waals surface area contributed by atoms with E-state index < -0.39 is 0 Å². The Labute approximate surface area is 178 Å². The highest BCUT2D eigenvalue weighted by molar-refractivity contribution is 5.80. The minimum Gasteiger partial charge on any atom is -0.355 e. The first kappa shape index (κ1) is 18.4. The van der Waals surface area contributed by atoms with Gasteiger partial charge in [0.15, 0.2) is 0 Å². The van der Waals surface area contributed by atoms with Crippen LogP contribution >= 0.6 is 0 Å². The number of rotatable bonds is 5. The van der Waals surface area contributed by atoms with E-state index in [9.17, 15) is 0 Å². The summed E-state index contributed by atoms with van der Waals surface area (Å²) < 4.78 is 0. The first-order valence-corrected chi connectivity index (χ1v) is 10.5. The van der Waals surface area contributed by atoms with Crippen molar-refractivity contribution in [1.82, 2.24) is 4.90 Å². The SMILES string of the molecule is CC1(c2ccccc2)C(c2ccccc2)N1C=C(c1ccccc1)c1ccccc1. The molecule has 1 fully saturated rings. The molecule has 1 nitrogen and oxygen atoms in total. The summed E-state index contributed by atoms with van der Waals surface area (Å²) in [5.41, 5.74) is 6.33. The number of benzene rings is 4. The highest BCUT2D eigenvalue weighted by Gasteiger charge is 2.59. The van der Waals surface area contributed by atoms with Crippen molar-refractivity contribution in [3.05, 3.63) is 150 Å². The van der Waals surface area contributed by atoms with Gasteiger partial charge in [0.2, 0.25) is 0 Å². The predicted molar refractivity (Wildman–Crippen MR) is 125 cm³/mol. The van der Waals surface area contributed by atoms with E-state index in [0.717, 1.165) is 0 Å². The van der Waals surface area contributed by atoms with Gasteiger partial charge in [-0.3, -0.25) is 0 Å². The van der Waals surface area contributed by atoms with Gasteiger partial charge in [-0.25, -0.2) is 0 Å². The van der Waals surface area contributed by atoms with Crippen LogP contribution in [0.25, 0.3) is 5.57 Å². The molecular formula is C29H25N. The van der Waals surface area contributed by atoms with Crippen molar-refractivity contribution in [3.63, 3.8) is 0 Å². The molecule has 2 unspecified atom stereocenters. The molecular weight excluding hydrogens is 362 g/mol. The van der Waals surface area contributed by atoms with Crippen LogP contribution in [0.2, 0.25) is 0 Å². The third-order valence-corrected chi connectivity index (χ3v) is 6.19. The largest absolute Gasteiger partial charge is 0.355 e. The third kappa shape index (κ3) is 3.23. The Balaban J connectivity index is 1.65. The van der Waals surface area contributed by atoms with Gasteiger partial charge in [0.25, 0.3) is 0 Å². The van der Waals surface area contributed by atoms with Crippen LogP contribution in [0.1, 0.15) is 35.2 Å². The summed E-state index contributed by atoms with van der Waals surface area (Å²) >= 11 is 0. The van der Waals surface area contributed by atoms with E-state index in [0.29, 0.717) is 6.04 Å². The fourth-order valence-corrected chi connectivity index (χ4v) is 4.52. The molecule has 0 bridgehead atoms. The zero-order chi connectivity index (χ0) is 20.4. The smallest absolute Gasteiger partial charge is 0.0872 e. The van der Waals surface area contributed by atoms with Gasteiger partial charge >= 0.3 is 0 Å². The van der Waals surface area contributed by atoms with E-state index in [4.69, 9.17) is 0 Å². The molecule has 1 aliphatic heterocycles. The summed E-state index contributed by atoms with van der Waals surface area (Å²) in [7, 11) is 0. The Morgan fingerprint density at radius 3 is 1.57 bits per heavy atom. The van der Waals surface area contributed by atoms with Crippen molar-refractivity contribution < 1.29 is 0 Å². The first-order chi connectivity index (χ1) is 14.8. The zero-order valence-corrected chi connectivity index (χ0v) is 17.1. The second kappa shape index (κ2) is 7.68. The van der Waals surface area contributed by atoms with Crippen molar-refractivity contribution in [3.8, 4) is 0 Å². The molecule has 2 atom stereocenters. The summed E-state index contributed by atoms with van der Waals surface area (Å²) in [5.74, 6) is 0. The summed E-state index contributed by atoms with van der Waals surface area (Å²) in [6.45, 7) is 2.35. The lowest BCUT2D eigenvalue weighted by atomic mass is 9.93. The van der Waals surface area contributed by atoms with Crippen LogP contribution in [0.5, 0.6) is 0 Å². The monoisotopic (exact) mass is 387 g/mol. The van der Waals surface area contributed by atoms with Gasteiger partial charge in [-0.05, 0) is 29.2 Å². The second-order valence-corrected chi connectivity index (χ2v) is 8.01. The van der Waals surface area contributed by atoms with Crippen molar-refractivity contribution in [1.29, 1.82) is 0 Å². The van der Waals surface area contributed by atoms with Gasteiger partial charge in [-0.2, -0.15) is 0 Å². The quantitative estimate of drug-likeness (QED) is 0.332. The molecule has 4 aromatic carbocycles. The van der Waals surface area contributed by atoms with Gasteiger partial charge in [0, 0.05) is 11.8 Å². The van der Waals surface area contributed by atoms with E-state index in [-0.39, 0.29) is 5.54 Å². The summed E-state index contributed by atoms with van der Waals surface area (Å²) in [5, 5.41) is 0. The van der Waals surface area contributed by atoms with Crippen LogP contribution in [0.4, 0.5) is 0 Å². The standard InChI is InChI=1S/C29H25N/c1-29(26-20-12-5-13-21-26)28(25-18-10-4-11-19-25)30(29)22-27(23-14-6-2-7-15-23)24-16-8-3-9-17-24/h2-22,28H,1H3. The van der Waals surface area contributed by atoms with E-state index in [1.54, 1.807) is 0 Å². The second-order valence-electron chi connectivity index (χ2n) is 8.01. The van der Waals surface area contributed by atoms with Gasteiger partial charge in [-0.1, -0.05) is 121 Å². The fraction of sp³-hybridized carbons (Fsp3) is 0.103. The van der Waals surface area contributed by atoms with Crippen molar-refractivity contribution in [2.45, 2.75) is 18.5 Å². The highest BCUT2D eigenvalue weighted by atomic mass is 15.4. The lowest BCUT2D eigenvalue weighted by Crippen LogP contribution is -2.09. The lowest BCUT2D eigenvalue weighted by Gasteiger charge is -2.14. The highest BCUT2D eigenvalue weighted by Crippen LogP contribution is 2.60. The molecule has 30 heavy (non-hydrogen) atoms. The maximum atomic E-state index is 2.51. The van der Waals surface area contributed by atoms with E-state index in [2.05, 4.69) is 139 Å². The average molecular weight is 388 g/mol.